The van der Waals surface area contributed by atoms with E-state index in [9.17, 15) is 13.2 Å². The number of aromatic nitrogens is 3. The van der Waals surface area contributed by atoms with Crippen molar-refractivity contribution in [2.75, 3.05) is 42.4 Å². The minimum Gasteiger partial charge on any atom is -0.477 e. The molecule has 2 aromatic heterocycles. The smallest absolute Gasteiger partial charge is 0.317 e. The molecule has 1 saturated heterocycles. The average Bonchev–Trinajstić information content (AvgIpc) is 3.68. The van der Waals surface area contributed by atoms with Gasteiger partial charge in [-0.05, 0) is 31.4 Å². The Morgan fingerprint density at radius 1 is 1.21 bits per heavy atom. The van der Waals surface area contributed by atoms with Gasteiger partial charge in [-0.3, -0.25) is 14.7 Å². The number of nitrogens with zero attached hydrogens (tertiary/aromatic N) is 5. The second-order valence-corrected chi connectivity index (χ2v) is 10.0. The molecule has 1 aliphatic heterocycles. The Labute approximate surface area is 193 Å². The van der Waals surface area contributed by atoms with Crippen molar-refractivity contribution in [3.05, 3.63) is 36.4 Å². The van der Waals surface area contributed by atoms with Crippen LogP contribution in [0, 0.1) is 0 Å². The maximum absolute atomic E-state index is 12.6. The summed E-state index contributed by atoms with van der Waals surface area (Å²) in [6.07, 6.45) is 7.12. The summed E-state index contributed by atoms with van der Waals surface area (Å²) in [6.45, 7) is 5.19. The lowest BCUT2D eigenvalue weighted by atomic mass is 10.3. The van der Waals surface area contributed by atoms with Crippen LogP contribution in [0.5, 0.6) is 5.88 Å². The minimum absolute atomic E-state index is 0.188. The van der Waals surface area contributed by atoms with Crippen LogP contribution in [0.1, 0.15) is 31.9 Å². The zero-order valence-electron chi connectivity index (χ0n) is 18.6. The molecule has 178 valence electrons. The number of ether oxygens (including phenoxy) is 1. The Balaban J connectivity index is 1.25. The van der Waals surface area contributed by atoms with Crippen molar-refractivity contribution in [3.63, 3.8) is 0 Å². The number of pyridine rings is 1. The fourth-order valence-electron chi connectivity index (χ4n) is 3.45. The fraction of sp³-hybridized carbons (Fsp3) is 0.524. The third-order valence-corrected chi connectivity index (χ3v) is 7.27. The molecule has 2 fully saturated rings. The molecule has 4 rings (SSSR count). The summed E-state index contributed by atoms with van der Waals surface area (Å²) in [5, 5.41) is 2.56. The summed E-state index contributed by atoms with van der Waals surface area (Å²) >= 11 is 0. The number of amides is 2. The van der Waals surface area contributed by atoms with Crippen LogP contribution in [0.15, 0.2) is 30.7 Å². The molecule has 0 radical (unpaired) electrons. The lowest BCUT2D eigenvalue weighted by Gasteiger charge is -2.35. The van der Waals surface area contributed by atoms with Gasteiger partial charge in [-0.15, -0.1) is 0 Å². The van der Waals surface area contributed by atoms with Crippen molar-refractivity contribution in [3.8, 4) is 5.88 Å². The first-order chi connectivity index (χ1) is 15.9. The average molecular weight is 476 g/mol. The Morgan fingerprint density at radius 2 is 2.00 bits per heavy atom. The summed E-state index contributed by atoms with van der Waals surface area (Å²) in [6, 6.07) is 3.06. The monoisotopic (exact) mass is 475 g/mol. The van der Waals surface area contributed by atoms with Gasteiger partial charge >= 0.3 is 6.03 Å². The van der Waals surface area contributed by atoms with Crippen molar-refractivity contribution in [1.29, 1.82) is 0 Å². The van der Waals surface area contributed by atoms with E-state index in [-0.39, 0.29) is 17.8 Å². The van der Waals surface area contributed by atoms with Crippen LogP contribution in [0.3, 0.4) is 0 Å². The quantitative estimate of drug-likeness (QED) is 0.559. The van der Waals surface area contributed by atoms with Crippen LogP contribution < -0.4 is 19.7 Å². The van der Waals surface area contributed by atoms with Gasteiger partial charge in [0.2, 0.25) is 15.9 Å². The van der Waals surface area contributed by atoms with Gasteiger partial charge in [-0.1, -0.05) is 6.92 Å². The van der Waals surface area contributed by atoms with Crippen molar-refractivity contribution in [1.82, 2.24) is 25.2 Å². The highest BCUT2D eigenvalue weighted by Gasteiger charge is 2.35. The Hall–Kier alpha value is -3.15. The minimum atomic E-state index is -3.34. The number of hydrogen-bond donors (Lipinski definition) is 2. The number of nitrogens with one attached hydrogen (secondary N) is 2. The largest absolute Gasteiger partial charge is 0.477 e. The van der Waals surface area contributed by atoms with Gasteiger partial charge in [-0.2, -0.15) is 4.98 Å². The van der Waals surface area contributed by atoms with Crippen molar-refractivity contribution in [2.24, 2.45) is 0 Å². The Kier molecular flexibility index (Phi) is 7.11. The van der Waals surface area contributed by atoms with E-state index in [1.807, 2.05) is 6.92 Å². The van der Waals surface area contributed by atoms with Gasteiger partial charge in [0, 0.05) is 32.4 Å². The number of piperazine rings is 1. The summed E-state index contributed by atoms with van der Waals surface area (Å²) in [5.74, 6) is 1.24. The van der Waals surface area contributed by atoms with E-state index >= 15 is 0 Å². The molecule has 0 bridgehead atoms. The lowest BCUT2D eigenvalue weighted by molar-refractivity contribution is 0.193. The van der Waals surface area contributed by atoms with E-state index in [1.54, 1.807) is 29.4 Å². The number of carbonyl (C=O) groups excluding carboxylic acids is 1. The zero-order valence-corrected chi connectivity index (χ0v) is 19.4. The van der Waals surface area contributed by atoms with E-state index in [0.717, 1.165) is 12.2 Å². The van der Waals surface area contributed by atoms with Gasteiger partial charge in [0.15, 0.2) is 5.82 Å². The molecule has 2 N–H and O–H groups in total. The molecular formula is C21H29N7O4S. The molecule has 0 unspecified atom stereocenters. The molecule has 0 aromatic carbocycles. The number of rotatable bonds is 9. The Bertz CT molecular complexity index is 1070. The molecule has 2 aliphatic rings. The van der Waals surface area contributed by atoms with Gasteiger partial charge in [0.05, 0.1) is 42.2 Å². The topological polar surface area (TPSA) is 130 Å². The number of carbonyl (C=O) groups is 1. The number of urea groups is 1. The van der Waals surface area contributed by atoms with E-state index in [2.05, 4.69) is 29.9 Å². The van der Waals surface area contributed by atoms with Crippen molar-refractivity contribution in [2.45, 2.75) is 38.0 Å². The highest BCUT2D eigenvalue weighted by atomic mass is 32.2. The van der Waals surface area contributed by atoms with Crippen molar-refractivity contribution >= 4 is 27.6 Å². The molecule has 1 aliphatic carbocycles. The molecule has 3 heterocycles. The van der Waals surface area contributed by atoms with E-state index in [0.29, 0.717) is 62.9 Å². The number of sulfonamides is 1. The van der Waals surface area contributed by atoms with Gasteiger partial charge in [-0.25, -0.2) is 13.2 Å². The second-order valence-electron chi connectivity index (χ2n) is 8.08. The maximum atomic E-state index is 12.6. The maximum Gasteiger partial charge on any atom is 0.317 e. The van der Waals surface area contributed by atoms with Crippen LogP contribution in [-0.2, 0) is 16.6 Å². The van der Waals surface area contributed by atoms with Crippen LogP contribution >= 0.6 is 0 Å². The second kappa shape index (κ2) is 10.2. The number of hydrogen-bond acceptors (Lipinski definition) is 8. The summed E-state index contributed by atoms with van der Waals surface area (Å²) in [4.78, 5) is 29.3. The zero-order chi connectivity index (χ0) is 23.3. The summed E-state index contributed by atoms with van der Waals surface area (Å²) in [5.41, 5.74) is 1.04. The van der Waals surface area contributed by atoms with Crippen LogP contribution in [0.2, 0.25) is 0 Å². The first kappa shape index (κ1) is 23.0. The van der Waals surface area contributed by atoms with Crippen LogP contribution in [0.4, 0.5) is 16.3 Å². The lowest BCUT2D eigenvalue weighted by Crippen LogP contribution is -2.52. The predicted octanol–water partition coefficient (Wildman–Crippen LogP) is 1.60. The number of anilines is 2. The van der Waals surface area contributed by atoms with Crippen LogP contribution in [-0.4, -0.2) is 72.3 Å². The summed E-state index contributed by atoms with van der Waals surface area (Å²) in [7, 11) is -3.34. The molecule has 12 heteroatoms. The molecule has 33 heavy (non-hydrogen) atoms. The summed E-state index contributed by atoms with van der Waals surface area (Å²) < 4.78 is 32.4. The van der Waals surface area contributed by atoms with Gasteiger partial charge in [0.1, 0.15) is 0 Å². The molecule has 2 aromatic rings. The Morgan fingerprint density at radius 3 is 2.73 bits per heavy atom. The first-order valence-corrected chi connectivity index (χ1v) is 12.7. The van der Waals surface area contributed by atoms with Gasteiger partial charge < -0.3 is 19.9 Å². The molecule has 0 spiro atoms. The van der Waals surface area contributed by atoms with Crippen molar-refractivity contribution < 1.29 is 17.9 Å². The predicted molar refractivity (Wildman–Crippen MR) is 124 cm³/mol. The fourth-order valence-corrected chi connectivity index (χ4v) is 4.83. The molecule has 0 atom stereocenters. The van der Waals surface area contributed by atoms with Crippen LogP contribution in [0.25, 0.3) is 0 Å². The molecule has 2 amide bonds. The molecule has 1 saturated carbocycles. The van der Waals surface area contributed by atoms with E-state index in [1.165, 1.54) is 6.20 Å². The SMILES string of the molecule is CCCOc1cncc(N2CCN(C(=O)NCc3cc(NS(=O)(=O)C4CC4)ccn3)CC2)n1. The third kappa shape index (κ3) is 6.21. The standard InChI is InChI=1S/C21H29N7O4S/c1-2-11-32-20-15-22-14-19(25-20)27-7-9-28(10-8-27)21(29)24-13-17-12-16(5-6-23-17)26-33(30,31)18-3-4-18/h5-6,12,14-15,18H,2-4,7-11,13H2,1H3,(H,23,26)(H,24,29). The first-order valence-electron chi connectivity index (χ1n) is 11.1. The normalized spacial score (nSPS) is 16.4. The van der Waals surface area contributed by atoms with E-state index in [4.69, 9.17) is 4.74 Å². The van der Waals surface area contributed by atoms with E-state index < -0.39 is 10.0 Å². The molecular weight excluding hydrogens is 446 g/mol. The highest BCUT2D eigenvalue weighted by Crippen LogP contribution is 2.29. The van der Waals surface area contributed by atoms with Gasteiger partial charge in [0.25, 0.3) is 0 Å². The molecule has 11 nitrogen and oxygen atoms in total. The highest BCUT2D eigenvalue weighted by molar-refractivity contribution is 7.93. The third-order valence-electron chi connectivity index (χ3n) is 5.41.